The molecule has 0 unspecified atom stereocenters. The molecule has 0 bridgehead atoms. The van der Waals surface area contributed by atoms with E-state index >= 15 is 0 Å². The molecule has 16 heteroatoms. The van der Waals surface area contributed by atoms with E-state index in [2.05, 4.69) is 44.7 Å². The second-order valence-electron chi connectivity index (χ2n) is 12.9. The summed E-state index contributed by atoms with van der Waals surface area (Å²) in [5.74, 6) is -0.247. The SMILES string of the molecule is CC(C)c1nc(CN(C)C(=O)N[C@H](C(=O)N[C@@H](C)C[C@H](OC(=S)n2ccnc2)[C@H](Cc2ccccc2)NC(=O)OCc2cncs2)C(C)C)cs1. The van der Waals surface area contributed by atoms with Gasteiger partial charge in [-0.15, -0.1) is 22.7 Å². The molecular weight excluding hydrogens is 709 g/mol. The average molecular weight is 755 g/mol. The summed E-state index contributed by atoms with van der Waals surface area (Å²) in [6.45, 7) is 10.1. The van der Waals surface area contributed by atoms with Crippen LogP contribution in [0.2, 0.25) is 0 Å². The number of thiocarbonyl (C=S) groups is 1. The average Bonchev–Trinajstić information content (AvgIpc) is 3.90. The van der Waals surface area contributed by atoms with Crippen LogP contribution in [0.4, 0.5) is 9.59 Å². The highest BCUT2D eigenvalue weighted by Crippen LogP contribution is 2.20. The monoisotopic (exact) mass is 754 g/mol. The maximum atomic E-state index is 13.7. The predicted molar refractivity (Wildman–Crippen MR) is 202 cm³/mol. The van der Waals surface area contributed by atoms with Crippen molar-refractivity contribution in [2.75, 3.05) is 7.05 Å². The van der Waals surface area contributed by atoms with Gasteiger partial charge in [-0.05, 0) is 37.0 Å². The minimum absolute atomic E-state index is 0.0697. The number of nitrogens with one attached hydrogen (secondary N) is 3. The van der Waals surface area contributed by atoms with Gasteiger partial charge in [-0.25, -0.2) is 19.6 Å². The maximum absolute atomic E-state index is 13.7. The highest BCUT2D eigenvalue weighted by atomic mass is 32.1. The van der Waals surface area contributed by atoms with Crippen LogP contribution >= 0.6 is 34.9 Å². The van der Waals surface area contributed by atoms with E-state index < -0.39 is 30.3 Å². The van der Waals surface area contributed by atoms with Crippen molar-refractivity contribution in [3.8, 4) is 0 Å². The number of benzene rings is 1. The van der Waals surface area contributed by atoms with Crippen LogP contribution in [-0.4, -0.2) is 78.9 Å². The number of carbonyl (C=O) groups is 3. The van der Waals surface area contributed by atoms with Gasteiger partial charge in [-0.2, -0.15) is 0 Å². The number of amides is 4. The second kappa shape index (κ2) is 19.3. The Balaban J connectivity index is 1.47. The molecule has 3 heterocycles. The van der Waals surface area contributed by atoms with Crippen LogP contribution in [0.3, 0.4) is 0 Å². The minimum Gasteiger partial charge on any atom is -0.465 e. The van der Waals surface area contributed by atoms with E-state index in [0.29, 0.717) is 18.9 Å². The summed E-state index contributed by atoms with van der Waals surface area (Å²) in [4.78, 5) is 55.1. The van der Waals surface area contributed by atoms with Crippen molar-refractivity contribution in [3.63, 3.8) is 0 Å². The lowest BCUT2D eigenvalue weighted by Gasteiger charge is -2.32. The molecule has 3 N–H and O–H groups in total. The number of carbonyl (C=O) groups excluding carboxylic acids is 3. The quantitative estimate of drug-likeness (QED) is 0.122. The Kier molecular flexibility index (Phi) is 14.9. The zero-order valence-electron chi connectivity index (χ0n) is 29.6. The van der Waals surface area contributed by atoms with Crippen molar-refractivity contribution in [3.05, 3.63) is 87.3 Å². The summed E-state index contributed by atoms with van der Waals surface area (Å²) in [5.41, 5.74) is 3.42. The van der Waals surface area contributed by atoms with Gasteiger partial charge >= 0.3 is 12.1 Å². The number of hydrogen-bond donors (Lipinski definition) is 3. The third-order valence-corrected chi connectivity index (χ3v) is 10.1. The van der Waals surface area contributed by atoms with Gasteiger partial charge in [0.05, 0.1) is 33.7 Å². The Bertz CT molecular complexity index is 1680. The third kappa shape index (κ3) is 12.4. The molecule has 0 radical (unpaired) electrons. The van der Waals surface area contributed by atoms with Gasteiger partial charge in [0, 0.05) is 49.4 Å². The lowest BCUT2D eigenvalue weighted by Crippen LogP contribution is -2.55. The normalized spacial score (nSPS) is 13.6. The van der Waals surface area contributed by atoms with Crippen molar-refractivity contribution in [2.24, 2.45) is 5.92 Å². The number of urea groups is 1. The largest absolute Gasteiger partial charge is 0.465 e. The first kappa shape index (κ1) is 39.4. The molecule has 0 saturated heterocycles. The van der Waals surface area contributed by atoms with Crippen LogP contribution in [0.1, 0.15) is 68.1 Å². The molecule has 1 aromatic carbocycles. The smallest absolute Gasteiger partial charge is 0.407 e. The van der Waals surface area contributed by atoms with Crippen LogP contribution in [0, 0.1) is 5.92 Å². The Morgan fingerprint density at radius 2 is 1.78 bits per heavy atom. The summed E-state index contributed by atoms with van der Waals surface area (Å²) in [6, 6.07) is 7.40. The van der Waals surface area contributed by atoms with E-state index in [1.165, 1.54) is 22.6 Å². The molecule has 274 valence electrons. The fraction of sp³-hybridized carbons (Fsp3) is 0.457. The summed E-state index contributed by atoms with van der Waals surface area (Å²) in [5, 5.41) is 12.0. The fourth-order valence-corrected chi connectivity index (χ4v) is 6.70. The highest BCUT2D eigenvalue weighted by molar-refractivity contribution is 7.80. The number of nitrogens with zero attached hydrogens (tertiary/aromatic N) is 5. The molecule has 51 heavy (non-hydrogen) atoms. The fourth-order valence-electron chi connectivity index (χ4n) is 5.13. The number of ether oxygens (including phenoxy) is 2. The minimum atomic E-state index is -0.810. The van der Waals surface area contributed by atoms with Gasteiger partial charge in [-0.1, -0.05) is 58.0 Å². The molecule has 0 aliphatic rings. The zero-order chi connectivity index (χ0) is 36.9. The standard InChI is InChI=1S/C35H46N8O5S3/c1-22(2)30(41-33(45)42(6)17-26-19-50-32(39-26)23(3)4)31(44)38-24(5)14-29(48-35(49)43-13-12-36-20-43)28(15-25-10-8-7-9-11-25)40-34(46)47-18-27-16-37-21-51-27/h7-13,16,19-24,28-30H,14-15,17-18H2,1-6H3,(H,38,44)(H,40,46)(H,41,45)/t24-,28-,29-,30-/m0/s1. The van der Waals surface area contributed by atoms with Crippen molar-refractivity contribution in [2.45, 2.75) is 90.8 Å². The Hall–Kier alpha value is -4.41. The molecule has 0 aliphatic heterocycles. The summed E-state index contributed by atoms with van der Waals surface area (Å²) in [6.07, 6.45) is 5.73. The molecular formula is C35H46N8O5S3. The Morgan fingerprint density at radius 3 is 2.41 bits per heavy atom. The van der Waals surface area contributed by atoms with Crippen LogP contribution in [0.15, 0.2) is 66.1 Å². The second-order valence-corrected chi connectivity index (χ2v) is 15.1. The van der Waals surface area contributed by atoms with Crippen LogP contribution in [0.5, 0.6) is 0 Å². The first-order valence-electron chi connectivity index (χ1n) is 16.7. The lowest BCUT2D eigenvalue weighted by atomic mass is 9.96. The number of imidazole rings is 1. The highest BCUT2D eigenvalue weighted by Gasteiger charge is 2.32. The summed E-state index contributed by atoms with van der Waals surface area (Å²) >= 11 is 8.56. The van der Waals surface area contributed by atoms with E-state index in [0.717, 1.165) is 21.1 Å². The number of thiazole rings is 2. The van der Waals surface area contributed by atoms with Gasteiger partial charge in [-0.3, -0.25) is 14.3 Å². The van der Waals surface area contributed by atoms with Crippen LogP contribution < -0.4 is 16.0 Å². The van der Waals surface area contributed by atoms with Gasteiger partial charge in [0.15, 0.2) is 0 Å². The molecule has 0 spiro atoms. The van der Waals surface area contributed by atoms with Crippen molar-refractivity contribution in [1.82, 2.24) is 40.4 Å². The first-order chi connectivity index (χ1) is 24.4. The number of alkyl carbamates (subject to hydrolysis) is 1. The molecule has 0 fully saturated rings. The van der Waals surface area contributed by atoms with E-state index in [1.807, 2.05) is 56.5 Å². The number of hydrogen-bond acceptors (Lipinski definition) is 11. The number of aromatic nitrogens is 4. The van der Waals surface area contributed by atoms with E-state index in [-0.39, 0.29) is 36.1 Å². The van der Waals surface area contributed by atoms with E-state index in [1.54, 1.807) is 47.1 Å². The molecule has 4 amide bonds. The Labute approximate surface area is 312 Å². The maximum Gasteiger partial charge on any atom is 0.407 e. The molecule has 0 aliphatic carbocycles. The molecule has 0 saturated carbocycles. The summed E-state index contributed by atoms with van der Waals surface area (Å²) in [7, 11) is 1.68. The van der Waals surface area contributed by atoms with Gasteiger partial charge in [0.1, 0.15) is 25.1 Å². The van der Waals surface area contributed by atoms with Crippen LogP contribution in [-0.2, 0) is 33.8 Å². The first-order valence-corrected chi connectivity index (χ1v) is 18.9. The van der Waals surface area contributed by atoms with Crippen molar-refractivity contribution < 1.29 is 23.9 Å². The van der Waals surface area contributed by atoms with E-state index in [9.17, 15) is 14.4 Å². The molecule has 4 aromatic rings. The van der Waals surface area contributed by atoms with Crippen molar-refractivity contribution in [1.29, 1.82) is 0 Å². The number of rotatable bonds is 16. The van der Waals surface area contributed by atoms with Gasteiger partial charge < -0.3 is 30.3 Å². The van der Waals surface area contributed by atoms with Gasteiger partial charge in [0.2, 0.25) is 5.91 Å². The third-order valence-electron chi connectivity index (χ3n) is 7.86. The van der Waals surface area contributed by atoms with Gasteiger partial charge in [0.25, 0.3) is 5.17 Å². The molecule has 13 nitrogen and oxygen atoms in total. The lowest BCUT2D eigenvalue weighted by molar-refractivity contribution is -0.124. The molecule has 3 aromatic heterocycles. The topological polar surface area (TPSA) is 153 Å². The van der Waals surface area contributed by atoms with E-state index in [4.69, 9.17) is 21.7 Å². The van der Waals surface area contributed by atoms with Crippen molar-refractivity contribution >= 4 is 58.1 Å². The van der Waals surface area contributed by atoms with Crippen LogP contribution in [0.25, 0.3) is 0 Å². The molecule has 4 atom stereocenters. The molecule has 4 rings (SSSR count). The Morgan fingerprint density at radius 1 is 1.02 bits per heavy atom. The summed E-state index contributed by atoms with van der Waals surface area (Å²) < 4.78 is 13.4. The predicted octanol–water partition coefficient (Wildman–Crippen LogP) is 5.74. The zero-order valence-corrected chi connectivity index (χ0v) is 32.1.